The molecule has 250 valence electrons. The zero-order chi connectivity index (χ0) is 33.8. The summed E-state index contributed by atoms with van der Waals surface area (Å²) in [6, 6.07) is 30.2. The largest absolute Gasteiger partial charge is 0.466 e. The third-order valence-electron chi connectivity index (χ3n) is 10.2. The monoisotopic (exact) mass is 673 g/mol. The number of urea groups is 1. The molecule has 3 aliphatic rings. The Balaban J connectivity index is 1.41. The summed E-state index contributed by atoms with van der Waals surface area (Å²) in [7, 11) is -4.26. The van der Waals surface area contributed by atoms with E-state index in [1.54, 1.807) is 6.92 Å². The van der Waals surface area contributed by atoms with Gasteiger partial charge in [-0.2, -0.15) is 5.10 Å². The summed E-state index contributed by atoms with van der Waals surface area (Å²) in [4.78, 5) is 15.5. The summed E-state index contributed by atoms with van der Waals surface area (Å²) in [5.74, 6) is 0.110. The highest BCUT2D eigenvalue weighted by Crippen LogP contribution is 2.48. The summed E-state index contributed by atoms with van der Waals surface area (Å²) in [6.07, 6.45) is 6.98. The molecule has 0 saturated carbocycles. The first kappa shape index (κ1) is 31.3. The van der Waals surface area contributed by atoms with Gasteiger partial charge in [0.25, 0.3) is 0 Å². The van der Waals surface area contributed by atoms with Gasteiger partial charge in [0.1, 0.15) is 10.4 Å². The number of carbonyl (C=O) groups is 1. The number of benzene rings is 4. The molecule has 3 N–H and O–H groups in total. The van der Waals surface area contributed by atoms with Gasteiger partial charge in [0.2, 0.25) is 5.88 Å². The van der Waals surface area contributed by atoms with Crippen molar-refractivity contribution in [3.05, 3.63) is 142 Å². The van der Waals surface area contributed by atoms with Crippen molar-refractivity contribution in [1.29, 1.82) is 4.78 Å². The van der Waals surface area contributed by atoms with Crippen LogP contribution in [0.2, 0.25) is 0 Å². The molecule has 0 radical (unpaired) electrons. The van der Waals surface area contributed by atoms with Crippen LogP contribution in [0.4, 0.5) is 10.5 Å². The SMILES string of the molecule is CC1(CO)Cn2ncc(S(=N)(=O)N(C(=O)Nc3c4c(cc5c3CCC5)CCC4)C(c3ccccc3)(c3ccccc3)c3ccccc3)c2O1. The molecular formula is C39H39N5O4S. The van der Waals surface area contributed by atoms with Crippen LogP contribution in [0.1, 0.15) is 58.7 Å². The molecule has 5 aromatic rings. The second-order valence-corrected chi connectivity index (χ2v) is 15.3. The van der Waals surface area contributed by atoms with Crippen LogP contribution >= 0.6 is 0 Å². The van der Waals surface area contributed by atoms with Gasteiger partial charge >= 0.3 is 6.03 Å². The smallest absolute Gasteiger partial charge is 0.336 e. The number of amides is 2. The zero-order valence-electron chi connectivity index (χ0n) is 27.4. The molecule has 10 heteroatoms. The van der Waals surface area contributed by atoms with Crippen LogP contribution in [0.5, 0.6) is 5.88 Å². The summed E-state index contributed by atoms with van der Waals surface area (Å²) < 4.78 is 34.7. The Morgan fingerprint density at radius 1 is 0.918 bits per heavy atom. The highest BCUT2D eigenvalue weighted by Gasteiger charge is 2.52. The van der Waals surface area contributed by atoms with Crippen molar-refractivity contribution in [2.45, 2.75) is 68.0 Å². The number of ether oxygens (including phenoxy) is 1. The van der Waals surface area contributed by atoms with E-state index in [0.717, 1.165) is 55.3 Å². The lowest BCUT2D eigenvalue weighted by molar-refractivity contribution is 0.0398. The van der Waals surface area contributed by atoms with E-state index < -0.39 is 27.1 Å². The first-order chi connectivity index (χ1) is 23.8. The fourth-order valence-corrected chi connectivity index (χ4v) is 9.75. The number of carbonyl (C=O) groups excluding carboxylic acids is 1. The van der Waals surface area contributed by atoms with Crippen LogP contribution in [0.3, 0.4) is 0 Å². The normalized spacial score (nSPS) is 19.0. The third kappa shape index (κ3) is 4.96. The predicted molar refractivity (Wildman–Crippen MR) is 188 cm³/mol. The molecule has 2 atom stereocenters. The molecule has 0 saturated heterocycles. The summed E-state index contributed by atoms with van der Waals surface area (Å²) >= 11 is 0. The van der Waals surface area contributed by atoms with E-state index in [2.05, 4.69) is 16.5 Å². The van der Waals surface area contributed by atoms with E-state index in [1.807, 2.05) is 91.0 Å². The van der Waals surface area contributed by atoms with Crippen molar-refractivity contribution in [3.63, 3.8) is 0 Å². The number of anilines is 1. The molecule has 49 heavy (non-hydrogen) atoms. The fourth-order valence-electron chi connectivity index (χ4n) is 8.00. The molecule has 2 aliphatic carbocycles. The molecule has 8 rings (SSSR count). The van der Waals surface area contributed by atoms with Crippen LogP contribution in [-0.2, 0) is 47.7 Å². The fraction of sp³-hybridized carbons (Fsp3) is 0.282. The van der Waals surface area contributed by atoms with Gasteiger partial charge in [-0.05, 0) is 84.4 Å². The maximum atomic E-state index is 15.8. The van der Waals surface area contributed by atoms with Gasteiger partial charge < -0.3 is 15.2 Å². The molecule has 1 aromatic heterocycles. The molecule has 2 heterocycles. The summed E-state index contributed by atoms with van der Waals surface area (Å²) in [5, 5.41) is 17.9. The highest BCUT2D eigenvalue weighted by molar-refractivity contribution is 7.90. The average molecular weight is 674 g/mol. The lowest BCUT2D eigenvalue weighted by Gasteiger charge is -2.45. The number of hydrogen-bond donors (Lipinski definition) is 3. The van der Waals surface area contributed by atoms with Crippen molar-refractivity contribution < 1.29 is 18.8 Å². The minimum atomic E-state index is -4.26. The van der Waals surface area contributed by atoms with E-state index in [0.29, 0.717) is 16.7 Å². The predicted octanol–water partition coefficient (Wildman–Crippen LogP) is 6.85. The highest BCUT2D eigenvalue weighted by atomic mass is 32.2. The zero-order valence-corrected chi connectivity index (χ0v) is 28.2. The molecule has 9 nitrogen and oxygen atoms in total. The lowest BCUT2D eigenvalue weighted by atomic mass is 9.77. The average Bonchev–Trinajstić information content (AvgIpc) is 3.93. The maximum absolute atomic E-state index is 15.8. The number of hydrogen-bond acceptors (Lipinski definition) is 6. The van der Waals surface area contributed by atoms with Gasteiger partial charge in [-0.1, -0.05) is 97.1 Å². The van der Waals surface area contributed by atoms with Crippen LogP contribution in [0.25, 0.3) is 0 Å². The molecular weight excluding hydrogens is 635 g/mol. The number of aromatic nitrogens is 2. The van der Waals surface area contributed by atoms with E-state index in [4.69, 9.17) is 4.74 Å². The van der Waals surface area contributed by atoms with E-state index in [9.17, 15) is 9.89 Å². The van der Waals surface area contributed by atoms with Crippen LogP contribution in [0.15, 0.2) is 108 Å². The Kier molecular flexibility index (Phi) is 7.61. The molecule has 4 aromatic carbocycles. The van der Waals surface area contributed by atoms with E-state index >= 15 is 9.00 Å². The second kappa shape index (κ2) is 11.9. The van der Waals surface area contributed by atoms with Crippen molar-refractivity contribution in [2.24, 2.45) is 0 Å². The molecule has 2 amide bonds. The van der Waals surface area contributed by atoms with Gasteiger partial charge in [-0.15, -0.1) is 0 Å². The molecule has 2 unspecified atom stereocenters. The molecule has 1 aliphatic heterocycles. The summed E-state index contributed by atoms with van der Waals surface area (Å²) in [5.41, 5.74) is 4.99. The number of nitrogens with zero attached hydrogens (tertiary/aromatic N) is 3. The van der Waals surface area contributed by atoms with Crippen LogP contribution < -0.4 is 10.1 Å². The number of rotatable bonds is 8. The number of nitrogens with one attached hydrogen (secondary N) is 2. The Morgan fingerprint density at radius 2 is 1.43 bits per heavy atom. The van der Waals surface area contributed by atoms with Gasteiger partial charge in [-0.25, -0.2) is 22.8 Å². The number of aliphatic hydroxyl groups is 1. The van der Waals surface area contributed by atoms with Gasteiger partial charge in [0.05, 0.1) is 19.3 Å². The van der Waals surface area contributed by atoms with E-state index in [-0.39, 0.29) is 23.9 Å². The molecule has 0 bridgehead atoms. The second-order valence-electron chi connectivity index (χ2n) is 13.5. The Morgan fingerprint density at radius 3 is 1.92 bits per heavy atom. The van der Waals surface area contributed by atoms with Gasteiger partial charge in [0.15, 0.2) is 15.5 Å². The van der Waals surface area contributed by atoms with Crippen LogP contribution in [-0.4, -0.2) is 41.6 Å². The minimum Gasteiger partial charge on any atom is -0.466 e. The quantitative estimate of drug-likeness (QED) is 0.156. The standard InChI is InChI=1S/C39H39N5O4S/c1-38(26-45)25-43-36(48-38)34(24-41-43)49(40,47)44(37(46)42-35-32-21-11-13-27(32)23-28-14-12-22-33(28)35)39(29-15-5-2-6-16-29,30-17-7-3-8-18-30)31-19-9-4-10-20-31/h2-10,15-20,23-24,40,45H,11-14,21-22,25-26H2,1H3,(H,42,46). The lowest BCUT2D eigenvalue weighted by Crippen LogP contribution is -2.55. The summed E-state index contributed by atoms with van der Waals surface area (Å²) in [6.45, 7) is 1.65. The van der Waals surface area contributed by atoms with Crippen molar-refractivity contribution in [1.82, 2.24) is 14.1 Å². The first-order valence-electron chi connectivity index (χ1n) is 16.9. The maximum Gasteiger partial charge on any atom is 0.336 e. The topological polar surface area (TPSA) is 121 Å². The number of aliphatic hydroxyl groups excluding tert-OH is 1. The van der Waals surface area contributed by atoms with Crippen molar-refractivity contribution in [2.75, 3.05) is 11.9 Å². The number of aryl methyl sites for hydroxylation is 2. The molecule has 0 fully saturated rings. The molecule has 0 spiro atoms. The van der Waals surface area contributed by atoms with E-state index in [1.165, 1.54) is 26.3 Å². The first-order valence-corrected chi connectivity index (χ1v) is 18.4. The van der Waals surface area contributed by atoms with Gasteiger partial charge in [-0.3, -0.25) is 0 Å². The van der Waals surface area contributed by atoms with Crippen molar-refractivity contribution in [3.8, 4) is 5.88 Å². The Labute approximate surface area is 286 Å². The Bertz CT molecular complexity index is 2020. The van der Waals surface area contributed by atoms with Crippen LogP contribution in [0, 0.1) is 4.78 Å². The van der Waals surface area contributed by atoms with Crippen molar-refractivity contribution >= 4 is 21.6 Å². The van der Waals surface area contributed by atoms with Gasteiger partial charge in [0, 0.05) is 5.69 Å². The third-order valence-corrected chi connectivity index (χ3v) is 12.1. The Hall–Kier alpha value is -4.93. The number of fused-ring (bicyclic) bond motifs is 3. The minimum absolute atomic E-state index is 0.0319.